The second kappa shape index (κ2) is 7.13. The van der Waals surface area contributed by atoms with Crippen molar-refractivity contribution in [2.45, 2.75) is 0 Å². The number of rotatable bonds is 5. The van der Waals surface area contributed by atoms with Gasteiger partial charge in [-0.3, -0.25) is 4.79 Å². The van der Waals surface area contributed by atoms with Gasteiger partial charge in [0.1, 0.15) is 6.61 Å². The first-order chi connectivity index (χ1) is 5.26. The van der Waals surface area contributed by atoms with E-state index in [1.807, 2.05) is 0 Å². The van der Waals surface area contributed by atoms with Crippen molar-refractivity contribution in [1.82, 2.24) is 0 Å². The molecule has 0 aromatic rings. The van der Waals surface area contributed by atoms with Crippen LogP contribution in [0.25, 0.3) is 0 Å². The van der Waals surface area contributed by atoms with Crippen LogP contribution in [0.1, 0.15) is 0 Å². The van der Waals surface area contributed by atoms with Crippen LogP contribution in [0, 0.1) is 5.92 Å². The highest BCUT2D eigenvalue weighted by atomic mass is 35.5. The van der Waals surface area contributed by atoms with Crippen LogP contribution in [0.15, 0.2) is 0 Å². The molecule has 66 valence electrons. The topological polar surface area (TPSA) is 26.3 Å². The quantitative estimate of drug-likeness (QED) is 0.409. The number of thiol groups is 2. The Morgan fingerprint density at radius 3 is 2.36 bits per heavy atom. The van der Waals surface area contributed by atoms with Crippen molar-refractivity contribution < 1.29 is 9.53 Å². The first-order valence-corrected chi connectivity index (χ1v) is 5.00. The average molecular weight is 215 g/mol. The summed E-state index contributed by atoms with van der Waals surface area (Å²) in [6.45, 7) is 0.262. The number of carbonyl (C=O) groups excluding carboxylic acids is 1. The van der Waals surface area contributed by atoms with Crippen LogP contribution in [0.5, 0.6) is 0 Å². The van der Waals surface area contributed by atoms with Crippen molar-refractivity contribution in [3.05, 3.63) is 0 Å². The van der Waals surface area contributed by atoms with Gasteiger partial charge in [0, 0.05) is 11.5 Å². The van der Waals surface area contributed by atoms with E-state index in [0.29, 0.717) is 17.4 Å². The Balaban J connectivity index is 3.61. The summed E-state index contributed by atoms with van der Waals surface area (Å²) in [6.07, 6.45) is 0. The van der Waals surface area contributed by atoms with Gasteiger partial charge in [-0.05, 0) is 0 Å². The molecule has 0 aliphatic carbocycles. The molecule has 0 aromatic heterocycles. The Kier molecular flexibility index (Phi) is 7.43. The summed E-state index contributed by atoms with van der Waals surface area (Å²) in [6, 6.07) is 0. The maximum Gasteiger partial charge on any atom is 0.310 e. The lowest BCUT2D eigenvalue weighted by Gasteiger charge is -2.09. The van der Waals surface area contributed by atoms with Crippen molar-refractivity contribution in [1.29, 1.82) is 0 Å². The number of hydrogen-bond donors (Lipinski definition) is 2. The van der Waals surface area contributed by atoms with Crippen LogP contribution in [-0.2, 0) is 9.53 Å². The molecule has 0 aliphatic heterocycles. The summed E-state index contributed by atoms with van der Waals surface area (Å²) >= 11 is 13.3. The normalized spacial score (nSPS) is 10.2. The van der Waals surface area contributed by atoms with E-state index in [1.165, 1.54) is 0 Å². The third kappa shape index (κ3) is 4.82. The fourth-order valence-electron chi connectivity index (χ4n) is 0.464. The van der Waals surface area contributed by atoms with Gasteiger partial charge in [0.15, 0.2) is 0 Å². The Bertz CT molecular complexity index is 117. The lowest BCUT2D eigenvalue weighted by molar-refractivity contribution is -0.146. The van der Waals surface area contributed by atoms with Crippen LogP contribution >= 0.6 is 36.9 Å². The Morgan fingerprint density at radius 1 is 1.45 bits per heavy atom. The lowest BCUT2D eigenvalue weighted by atomic mass is 10.2. The van der Waals surface area contributed by atoms with Crippen molar-refractivity contribution in [2.75, 3.05) is 24.0 Å². The molecule has 0 rings (SSSR count). The van der Waals surface area contributed by atoms with E-state index < -0.39 is 0 Å². The predicted molar refractivity (Wildman–Crippen MR) is 52.9 cm³/mol. The minimum absolute atomic E-state index is 0.218. The molecule has 0 saturated carbocycles. The Labute approximate surface area is 82.5 Å². The number of ether oxygens (including phenoxy) is 1. The molecule has 0 aliphatic rings. The molecule has 5 heteroatoms. The van der Waals surface area contributed by atoms with Crippen LogP contribution in [0.2, 0.25) is 0 Å². The maximum atomic E-state index is 11.0. The van der Waals surface area contributed by atoms with Gasteiger partial charge in [-0.2, -0.15) is 25.3 Å². The first kappa shape index (κ1) is 11.5. The van der Waals surface area contributed by atoms with Crippen LogP contribution < -0.4 is 0 Å². The van der Waals surface area contributed by atoms with Crippen LogP contribution in [0.4, 0.5) is 0 Å². The van der Waals surface area contributed by atoms with Crippen molar-refractivity contribution >= 4 is 42.8 Å². The lowest BCUT2D eigenvalue weighted by Crippen LogP contribution is -2.21. The van der Waals surface area contributed by atoms with E-state index in [-0.39, 0.29) is 18.5 Å². The molecule has 0 atom stereocenters. The van der Waals surface area contributed by atoms with E-state index >= 15 is 0 Å². The highest BCUT2D eigenvalue weighted by molar-refractivity contribution is 7.81. The largest absolute Gasteiger partial charge is 0.464 e. The smallest absolute Gasteiger partial charge is 0.310 e. The first-order valence-electron chi connectivity index (χ1n) is 3.20. The summed E-state index contributed by atoms with van der Waals surface area (Å²) < 4.78 is 4.77. The fraction of sp³-hybridized carbons (Fsp3) is 0.833. The molecule has 2 nitrogen and oxygen atoms in total. The summed E-state index contributed by atoms with van der Waals surface area (Å²) in [7, 11) is 0. The highest BCUT2D eigenvalue weighted by Crippen LogP contribution is 2.04. The molecule has 0 bridgehead atoms. The Hall–Kier alpha value is 0.460. The predicted octanol–water partition coefficient (Wildman–Crippen LogP) is 1.24. The minimum Gasteiger partial charge on any atom is -0.464 e. The van der Waals surface area contributed by atoms with Crippen LogP contribution in [-0.4, -0.2) is 30.0 Å². The molecule has 0 spiro atoms. The average Bonchev–Trinajstić information content (AvgIpc) is 2.03. The van der Waals surface area contributed by atoms with E-state index in [1.54, 1.807) is 0 Å². The second-order valence-electron chi connectivity index (χ2n) is 1.92. The van der Waals surface area contributed by atoms with E-state index in [2.05, 4.69) is 25.3 Å². The van der Waals surface area contributed by atoms with E-state index in [9.17, 15) is 4.79 Å². The summed E-state index contributed by atoms with van der Waals surface area (Å²) in [4.78, 5) is 11.0. The standard InChI is InChI=1S/C6H11ClO2S2/c7-1-2-9-6(8)5(3-10)4-11/h5,10-11H,1-4H2. The molecule has 0 radical (unpaired) electrons. The molecule has 0 amide bonds. The molecular weight excluding hydrogens is 204 g/mol. The van der Waals surface area contributed by atoms with Gasteiger partial charge in [0.25, 0.3) is 0 Å². The van der Waals surface area contributed by atoms with Gasteiger partial charge in [-0.15, -0.1) is 11.6 Å². The Morgan fingerprint density at radius 2 is 2.00 bits per heavy atom. The van der Waals surface area contributed by atoms with Gasteiger partial charge < -0.3 is 4.74 Å². The van der Waals surface area contributed by atoms with Crippen molar-refractivity contribution in [3.8, 4) is 0 Å². The number of alkyl halides is 1. The third-order valence-electron chi connectivity index (χ3n) is 1.10. The third-order valence-corrected chi connectivity index (χ3v) is 2.13. The monoisotopic (exact) mass is 214 g/mol. The molecule has 0 fully saturated rings. The molecule has 0 aromatic carbocycles. The number of carbonyl (C=O) groups is 1. The summed E-state index contributed by atoms with van der Waals surface area (Å²) in [5.41, 5.74) is 0. The molecule has 11 heavy (non-hydrogen) atoms. The van der Waals surface area contributed by atoms with Gasteiger partial charge in [-0.1, -0.05) is 0 Å². The number of hydrogen-bond acceptors (Lipinski definition) is 4. The zero-order valence-corrected chi connectivity index (χ0v) is 8.54. The molecule has 0 saturated heterocycles. The van der Waals surface area contributed by atoms with Gasteiger partial charge in [0.2, 0.25) is 0 Å². The number of esters is 1. The summed E-state index contributed by atoms with van der Waals surface area (Å²) in [5.74, 6) is 0.771. The molecule has 0 heterocycles. The molecule has 0 unspecified atom stereocenters. The molecule has 0 N–H and O–H groups in total. The SMILES string of the molecule is O=C(OCCCl)C(CS)CS. The zero-order valence-electron chi connectivity index (χ0n) is 5.99. The fourth-order valence-corrected chi connectivity index (χ4v) is 1.30. The minimum atomic E-state index is -0.268. The van der Waals surface area contributed by atoms with E-state index in [0.717, 1.165) is 0 Å². The van der Waals surface area contributed by atoms with Gasteiger partial charge in [0.05, 0.1) is 11.8 Å². The van der Waals surface area contributed by atoms with Crippen LogP contribution in [0.3, 0.4) is 0 Å². The number of halogens is 1. The highest BCUT2D eigenvalue weighted by Gasteiger charge is 2.15. The van der Waals surface area contributed by atoms with Gasteiger partial charge in [-0.25, -0.2) is 0 Å². The van der Waals surface area contributed by atoms with Crippen molar-refractivity contribution in [3.63, 3.8) is 0 Å². The summed E-state index contributed by atoms with van der Waals surface area (Å²) in [5, 5.41) is 0. The second-order valence-corrected chi connectivity index (χ2v) is 3.03. The van der Waals surface area contributed by atoms with Crippen molar-refractivity contribution in [2.24, 2.45) is 5.92 Å². The van der Waals surface area contributed by atoms with E-state index in [4.69, 9.17) is 16.3 Å². The maximum absolute atomic E-state index is 11.0. The molecular formula is C6H11ClO2S2. The van der Waals surface area contributed by atoms with Gasteiger partial charge >= 0.3 is 5.97 Å². The zero-order chi connectivity index (χ0) is 8.69.